The third-order valence-corrected chi connectivity index (χ3v) is 2.18. The summed E-state index contributed by atoms with van der Waals surface area (Å²) in [6.07, 6.45) is 5.89. The van der Waals surface area contributed by atoms with Crippen molar-refractivity contribution in [3.05, 3.63) is 12.2 Å². The standard InChI is InChI=1S/C9H16ClN3/c1-2-7-13-9(11-8-12-13)5-3-4-6-10/h8H,2-7H2,1H3. The van der Waals surface area contributed by atoms with Gasteiger partial charge < -0.3 is 0 Å². The maximum absolute atomic E-state index is 5.60. The lowest BCUT2D eigenvalue weighted by molar-refractivity contribution is 0.560. The largest absolute Gasteiger partial charge is 0.250 e. The number of aromatic nitrogens is 3. The molecule has 13 heavy (non-hydrogen) atoms. The van der Waals surface area contributed by atoms with Gasteiger partial charge in [-0.25, -0.2) is 4.98 Å². The molecule has 4 heteroatoms. The molecule has 3 nitrogen and oxygen atoms in total. The molecular weight excluding hydrogens is 186 g/mol. The molecule has 0 atom stereocenters. The molecule has 1 aromatic rings. The molecule has 0 unspecified atom stereocenters. The first-order valence-electron chi connectivity index (χ1n) is 4.81. The zero-order chi connectivity index (χ0) is 9.52. The van der Waals surface area contributed by atoms with Gasteiger partial charge in [-0.3, -0.25) is 4.68 Å². The molecule has 0 aliphatic heterocycles. The number of alkyl halides is 1. The fourth-order valence-electron chi connectivity index (χ4n) is 1.26. The van der Waals surface area contributed by atoms with Crippen LogP contribution < -0.4 is 0 Å². The van der Waals surface area contributed by atoms with Crippen molar-refractivity contribution in [1.29, 1.82) is 0 Å². The molecule has 0 saturated carbocycles. The molecule has 0 aliphatic carbocycles. The minimum absolute atomic E-state index is 0.738. The Bertz CT molecular complexity index is 235. The first-order chi connectivity index (χ1) is 6.38. The summed E-state index contributed by atoms with van der Waals surface area (Å²) in [6, 6.07) is 0. The summed E-state index contributed by atoms with van der Waals surface area (Å²) in [6.45, 7) is 3.11. The van der Waals surface area contributed by atoms with Crippen molar-refractivity contribution in [3.63, 3.8) is 0 Å². The summed E-state index contributed by atoms with van der Waals surface area (Å²) in [5.74, 6) is 1.83. The summed E-state index contributed by atoms with van der Waals surface area (Å²) < 4.78 is 1.98. The van der Waals surface area contributed by atoms with Gasteiger partial charge in [-0.15, -0.1) is 11.6 Å². The van der Waals surface area contributed by atoms with Gasteiger partial charge in [-0.05, 0) is 19.3 Å². The summed E-state index contributed by atoms with van der Waals surface area (Å²) in [5.41, 5.74) is 0. The van der Waals surface area contributed by atoms with Crippen molar-refractivity contribution >= 4 is 11.6 Å². The van der Waals surface area contributed by atoms with Gasteiger partial charge in [0.15, 0.2) is 0 Å². The lowest BCUT2D eigenvalue weighted by Gasteiger charge is -2.02. The molecule has 0 bridgehead atoms. The first-order valence-corrected chi connectivity index (χ1v) is 5.34. The second-order valence-corrected chi connectivity index (χ2v) is 3.42. The van der Waals surface area contributed by atoms with Crippen molar-refractivity contribution in [2.75, 3.05) is 5.88 Å². The van der Waals surface area contributed by atoms with Crippen LogP contribution in [0.3, 0.4) is 0 Å². The minimum atomic E-state index is 0.738. The molecule has 0 amide bonds. The van der Waals surface area contributed by atoms with E-state index in [1.807, 2.05) is 4.68 Å². The molecule has 0 radical (unpaired) electrons. The van der Waals surface area contributed by atoms with Crippen molar-refractivity contribution < 1.29 is 0 Å². The van der Waals surface area contributed by atoms with E-state index in [4.69, 9.17) is 11.6 Å². The molecule has 1 rings (SSSR count). The Hall–Kier alpha value is -0.570. The van der Waals surface area contributed by atoms with E-state index in [2.05, 4.69) is 17.0 Å². The van der Waals surface area contributed by atoms with E-state index in [1.54, 1.807) is 6.33 Å². The highest BCUT2D eigenvalue weighted by Crippen LogP contribution is 2.03. The zero-order valence-corrected chi connectivity index (χ0v) is 8.80. The summed E-state index contributed by atoms with van der Waals surface area (Å²) in [5, 5.41) is 4.16. The maximum atomic E-state index is 5.60. The van der Waals surface area contributed by atoms with Crippen LogP contribution in [-0.2, 0) is 13.0 Å². The molecule has 74 valence electrons. The van der Waals surface area contributed by atoms with Gasteiger partial charge in [0.25, 0.3) is 0 Å². The molecule has 1 aromatic heterocycles. The summed E-state index contributed by atoms with van der Waals surface area (Å²) in [4.78, 5) is 4.22. The molecule has 0 spiro atoms. The lowest BCUT2D eigenvalue weighted by Crippen LogP contribution is -2.05. The van der Waals surface area contributed by atoms with Gasteiger partial charge in [-0.1, -0.05) is 6.92 Å². The number of halogens is 1. The van der Waals surface area contributed by atoms with E-state index in [0.717, 1.165) is 43.9 Å². The maximum Gasteiger partial charge on any atom is 0.138 e. The average molecular weight is 202 g/mol. The molecular formula is C9H16ClN3. The third-order valence-electron chi connectivity index (χ3n) is 1.92. The Morgan fingerprint density at radius 3 is 3.00 bits per heavy atom. The van der Waals surface area contributed by atoms with Crippen LogP contribution in [0.4, 0.5) is 0 Å². The minimum Gasteiger partial charge on any atom is -0.250 e. The van der Waals surface area contributed by atoms with Crippen LogP contribution in [0.5, 0.6) is 0 Å². The summed E-state index contributed by atoms with van der Waals surface area (Å²) in [7, 11) is 0. The Labute approximate surface area is 84.1 Å². The fourth-order valence-corrected chi connectivity index (χ4v) is 1.45. The predicted octanol–water partition coefficient (Wildman–Crippen LogP) is 2.25. The van der Waals surface area contributed by atoms with Crippen molar-refractivity contribution in [1.82, 2.24) is 14.8 Å². The Morgan fingerprint density at radius 1 is 1.46 bits per heavy atom. The quantitative estimate of drug-likeness (QED) is 0.522. The highest BCUT2D eigenvalue weighted by atomic mass is 35.5. The smallest absolute Gasteiger partial charge is 0.138 e. The van der Waals surface area contributed by atoms with Crippen LogP contribution in [0.1, 0.15) is 32.0 Å². The zero-order valence-electron chi connectivity index (χ0n) is 8.04. The van der Waals surface area contributed by atoms with E-state index in [-0.39, 0.29) is 0 Å². The van der Waals surface area contributed by atoms with Gasteiger partial charge >= 0.3 is 0 Å². The van der Waals surface area contributed by atoms with E-state index in [1.165, 1.54) is 0 Å². The number of rotatable bonds is 6. The first kappa shape index (κ1) is 10.5. The third kappa shape index (κ3) is 3.35. The molecule has 0 N–H and O–H groups in total. The molecule has 0 saturated heterocycles. The van der Waals surface area contributed by atoms with E-state index < -0.39 is 0 Å². The van der Waals surface area contributed by atoms with Crippen LogP contribution in [0, 0.1) is 0 Å². The van der Waals surface area contributed by atoms with Crippen molar-refractivity contribution in [2.45, 2.75) is 39.2 Å². The normalized spacial score (nSPS) is 10.6. The predicted molar refractivity (Wildman–Crippen MR) is 54.0 cm³/mol. The van der Waals surface area contributed by atoms with Crippen LogP contribution in [0.15, 0.2) is 6.33 Å². The van der Waals surface area contributed by atoms with Gasteiger partial charge in [0.05, 0.1) is 0 Å². The Morgan fingerprint density at radius 2 is 2.31 bits per heavy atom. The van der Waals surface area contributed by atoms with E-state index in [0.29, 0.717) is 0 Å². The molecule has 1 heterocycles. The fraction of sp³-hybridized carbons (Fsp3) is 0.778. The van der Waals surface area contributed by atoms with Crippen LogP contribution in [0.25, 0.3) is 0 Å². The second kappa shape index (κ2) is 5.97. The van der Waals surface area contributed by atoms with Gasteiger partial charge in [0, 0.05) is 18.8 Å². The highest BCUT2D eigenvalue weighted by Gasteiger charge is 2.01. The van der Waals surface area contributed by atoms with Crippen molar-refractivity contribution in [2.24, 2.45) is 0 Å². The van der Waals surface area contributed by atoms with Crippen LogP contribution >= 0.6 is 11.6 Å². The Kier molecular flexibility index (Phi) is 4.83. The molecule has 0 aliphatic rings. The van der Waals surface area contributed by atoms with Crippen LogP contribution in [0.2, 0.25) is 0 Å². The summed E-state index contributed by atoms with van der Waals surface area (Å²) >= 11 is 5.60. The lowest BCUT2D eigenvalue weighted by atomic mass is 10.2. The number of hydrogen-bond donors (Lipinski definition) is 0. The average Bonchev–Trinajstić information content (AvgIpc) is 2.54. The number of aryl methyl sites for hydroxylation is 2. The van der Waals surface area contributed by atoms with Crippen LogP contribution in [-0.4, -0.2) is 20.6 Å². The van der Waals surface area contributed by atoms with Gasteiger partial charge in [0.1, 0.15) is 12.2 Å². The topological polar surface area (TPSA) is 30.7 Å². The number of hydrogen-bond acceptors (Lipinski definition) is 2. The van der Waals surface area contributed by atoms with Crippen molar-refractivity contribution in [3.8, 4) is 0 Å². The molecule has 0 fully saturated rings. The number of nitrogens with zero attached hydrogens (tertiary/aromatic N) is 3. The van der Waals surface area contributed by atoms with E-state index in [9.17, 15) is 0 Å². The second-order valence-electron chi connectivity index (χ2n) is 3.05. The SMILES string of the molecule is CCCn1ncnc1CCCCCl. The van der Waals surface area contributed by atoms with Gasteiger partial charge in [-0.2, -0.15) is 5.10 Å². The van der Waals surface area contributed by atoms with Gasteiger partial charge in [0.2, 0.25) is 0 Å². The number of unbranched alkanes of at least 4 members (excludes halogenated alkanes) is 1. The Balaban J connectivity index is 2.40. The van der Waals surface area contributed by atoms with E-state index >= 15 is 0 Å². The monoisotopic (exact) mass is 201 g/mol. The highest BCUT2D eigenvalue weighted by molar-refractivity contribution is 6.17. The molecule has 0 aromatic carbocycles.